The van der Waals surface area contributed by atoms with Gasteiger partial charge in [-0.3, -0.25) is 0 Å². The maximum atomic E-state index is 6.05. The predicted molar refractivity (Wildman–Crippen MR) is 103 cm³/mol. The number of ether oxygens (including phenoxy) is 1. The lowest BCUT2D eigenvalue weighted by Crippen LogP contribution is -2.39. The number of allylic oxidation sites excluding steroid dienone is 1. The molecular formula is C21H26OSi. The Labute approximate surface area is 141 Å². The van der Waals surface area contributed by atoms with Crippen molar-refractivity contribution in [2.24, 2.45) is 0 Å². The molecule has 1 atom stereocenters. The van der Waals surface area contributed by atoms with Crippen LogP contribution in [0.5, 0.6) is 0 Å². The van der Waals surface area contributed by atoms with Crippen LogP contribution in [0.3, 0.4) is 0 Å². The molecule has 0 saturated carbocycles. The second-order valence-corrected chi connectivity index (χ2v) is 10.5. The molecule has 0 aliphatic heterocycles. The molecule has 2 rings (SSSR count). The standard InChI is InChI=1S/C21H26OSi/c1-4-5-17-22-21(19-12-8-6-9-13-19)16-18-23(2,3)20-14-10-7-11-15-20/h4-16,18,21H,17H2,1-3H3/b5-4?,18-16+. The number of benzene rings is 2. The van der Waals surface area contributed by atoms with Crippen molar-refractivity contribution >= 4 is 13.3 Å². The van der Waals surface area contributed by atoms with Crippen LogP contribution in [0.1, 0.15) is 18.6 Å². The van der Waals surface area contributed by atoms with Crippen molar-refractivity contribution in [3.63, 3.8) is 0 Å². The average Bonchev–Trinajstić information content (AvgIpc) is 2.59. The third-order valence-electron chi connectivity index (χ3n) is 3.94. The topological polar surface area (TPSA) is 9.23 Å². The van der Waals surface area contributed by atoms with Crippen LogP contribution in [0.4, 0.5) is 0 Å². The Balaban J connectivity index is 2.19. The fourth-order valence-corrected chi connectivity index (χ4v) is 4.35. The van der Waals surface area contributed by atoms with Gasteiger partial charge in [0, 0.05) is 0 Å². The van der Waals surface area contributed by atoms with Gasteiger partial charge in [0.25, 0.3) is 0 Å². The minimum absolute atomic E-state index is 0.00267. The van der Waals surface area contributed by atoms with Crippen molar-refractivity contribution < 1.29 is 4.74 Å². The van der Waals surface area contributed by atoms with Crippen LogP contribution in [-0.4, -0.2) is 14.7 Å². The fraction of sp³-hybridized carbons (Fsp3) is 0.238. The molecule has 0 radical (unpaired) electrons. The molecule has 0 aliphatic rings. The second kappa shape index (κ2) is 8.66. The molecule has 0 amide bonds. The summed E-state index contributed by atoms with van der Waals surface area (Å²) < 4.78 is 6.05. The van der Waals surface area contributed by atoms with Gasteiger partial charge in [-0.15, -0.1) is 0 Å². The summed E-state index contributed by atoms with van der Waals surface area (Å²) in [5.74, 6) is 0. The highest BCUT2D eigenvalue weighted by atomic mass is 28.3. The third-order valence-corrected chi connectivity index (χ3v) is 6.79. The van der Waals surface area contributed by atoms with E-state index in [1.807, 2.05) is 25.1 Å². The fourth-order valence-electron chi connectivity index (χ4n) is 2.45. The molecule has 23 heavy (non-hydrogen) atoms. The van der Waals surface area contributed by atoms with E-state index in [1.165, 1.54) is 10.8 Å². The summed E-state index contributed by atoms with van der Waals surface area (Å²) in [4.78, 5) is 0. The summed E-state index contributed by atoms with van der Waals surface area (Å²) in [7, 11) is -1.60. The molecule has 2 aromatic rings. The van der Waals surface area contributed by atoms with Gasteiger partial charge < -0.3 is 4.74 Å². The van der Waals surface area contributed by atoms with E-state index in [2.05, 4.69) is 79.5 Å². The van der Waals surface area contributed by atoms with Gasteiger partial charge in [-0.05, 0) is 12.5 Å². The first kappa shape index (κ1) is 17.5. The molecule has 0 aromatic heterocycles. The number of hydrogen-bond donors (Lipinski definition) is 0. The lowest BCUT2D eigenvalue weighted by atomic mass is 10.1. The van der Waals surface area contributed by atoms with Gasteiger partial charge in [0.2, 0.25) is 0 Å². The molecule has 0 fully saturated rings. The monoisotopic (exact) mass is 322 g/mol. The summed E-state index contributed by atoms with van der Waals surface area (Å²) in [5, 5.41) is 1.44. The van der Waals surface area contributed by atoms with Crippen molar-refractivity contribution in [1.82, 2.24) is 0 Å². The summed E-state index contributed by atoms with van der Waals surface area (Å²) in [6, 6.07) is 21.2. The lowest BCUT2D eigenvalue weighted by molar-refractivity contribution is 0.110. The first-order chi connectivity index (χ1) is 11.1. The quantitative estimate of drug-likeness (QED) is 0.513. The van der Waals surface area contributed by atoms with Crippen molar-refractivity contribution in [3.05, 3.63) is 90.2 Å². The molecule has 0 N–H and O–H groups in total. The predicted octanol–water partition coefficient (Wildman–Crippen LogP) is 5.03. The zero-order valence-electron chi connectivity index (χ0n) is 14.3. The lowest BCUT2D eigenvalue weighted by Gasteiger charge is -2.20. The zero-order valence-corrected chi connectivity index (χ0v) is 15.3. The van der Waals surface area contributed by atoms with Gasteiger partial charge in [0.1, 0.15) is 14.2 Å². The zero-order chi connectivity index (χ0) is 16.5. The first-order valence-corrected chi connectivity index (χ1v) is 11.2. The van der Waals surface area contributed by atoms with E-state index in [4.69, 9.17) is 4.74 Å². The Morgan fingerprint density at radius 2 is 1.57 bits per heavy atom. The van der Waals surface area contributed by atoms with E-state index in [0.717, 1.165) is 0 Å². The van der Waals surface area contributed by atoms with Crippen molar-refractivity contribution in [2.75, 3.05) is 6.61 Å². The molecule has 0 spiro atoms. The smallest absolute Gasteiger partial charge is 0.103 e. The minimum atomic E-state index is -1.60. The van der Waals surface area contributed by atoms with Crippen LogP contribution in [0.15, 0.2) is 84.6 Å². The molecule has 120 valence electrons. The number of rotatable bonds is 7. The van der Waals surface area contributed by atoms with Crippen LogP contribution in [0, 0.1) is 0 Å². The molecule has 2 heteroatoms. The Kier molecular flexibility index (Phi) is 6.57. The first-order valence-electron chi connectivity index (χ1n) is 8.16. The van der Waals surface area contributed by atoms with Crippen molar-refractivity contribution in [3.8, 4) is 0 Å². The summed E-state index contributed by atoms with van der Waals surface area (Å²) in [6.07, 6.45) is 6.30. The Morgan fingerprint density at radius 1 is 0.957 bits per heavy atom. The van der Waals surface area contributed by atoms with E-state index in [1.54, 1.807) is 0 Å². The van der Waals surface area contributed by atoms with E-state index in [0.29, 0.717) is 6.61 Å². The van der Waals surface area contributed by atoms with E-state index in [9.17, 15) is 0 Å². The van der Waals surface area contributed by atoms with E-state index in [-0.39, 0.29) is 6.10 Å². The van der Waals surface area contributed by atoms with Crippen molar-refractivity contribution in [1.29, 1.82) is 0 Å². The SMILES string of the molecule is CC=CCOC(/C=C/[Si](C)(C)c1ccccc1)c1ccccc1. The molecule has 0 aliphatic carbocycles. The molecule has 0 heterocycles. The Hall–Kier alpha value is -1.90. The highest BCUT2D eigenvalue weighted by Gasteiger charge is 2.20. The highest BCUT2D eigenvalue weighted by molar-refractivity contribution is 6.93. The van der Waals surface area contributed by atoms with Crippen LogP contribution in [-0.2, 0) is 4.74 Å². The third kappa shape index (κ3) is 5.34. The molecule has 2 aromatic carbocycles. The maximum absolute atomic E-state index is 6.05. The Morgan fingerprint density at radius 3 is 2.17 bits per heavy atom. The maximum Gasteiger partial charge on any atom is 0.103 e. The molecule has 1 nitrogen and oxygen atoms in total. The highest BCUT2D eigenvalue weighted by Crippen LogP contribution is 2.20. The summed E-state index contributed by atoms with van der Waals surface area (Å²) in [6.45, 7) is 7.38. The molecule has 0 saturated heterocycles. The largest absolute Gasteiger partial charge is 0.365 e. The van der Waals surface area contributed by atoms with Gasteiger partial charge in [-0.1, -0.05) is 103 Å². The summed E-state index contributed by atoms with van der Waals surface area (Å²) in [5.41, 5.74) is 3.58. The van der Waals surface area contributed by atoms with Gasteiger partial charge in [-0.2, -0.15) is 0 Å². The number of hydrogen-bond acceptors (Lipinski definition) is 1. The molecule has 0 bridgehead atoms. The normalized spacial score (nSPS) is 13.7. The van der Waals surface area contributed by atoms with Gasteiger partial charge in [-0.25, -0.2) is 0 Å². The van der Waals surface area contributed by atoms with Gasteiger partial charge in [0.05, 0.1) is 6.61 Å². The van der Waals surface area contributed by atoms with E-state index >= 15 is 0 Å². The van der Waals surface area contributed by atoms with Crippen molar-refractivity contribution in [2.45, 2.75) is 26.1 Å². The van der Waals surface area contributed by atoms with E-state index < -0.39 is 8.07 Å². The minimum Gasteiger partial charge on any atom is -0.365 e. The Bertz CT molecular complexity index is 629. The second-order valence-electron chi connectivity index (χ2n) is 6.18. The van der Waals surface area contributed by atoms with Gasteiger partial charge >= 0.3 is 0 Å². The van der Waals surface area contributed by atoms with Crippen LogP contribution in [0.2, 0.25) is 13.1 Å². The van der Waals surface area contributed by atoms with Gasteiger partial charge in [0.15, 0.2) is 0 Å². The average molecular weight is 323 g/mol. The summed E-state index contributed by atoms with van der Waals surface area (Å²) >= 11 is 0. The molecular weight excluding hydrogens is 296 g/mol. The van der Waals surface area contributed by atoms with Crippen LogP contribution < -0.4 is 5.19 Å². The van der Waals surface area contributed by atoms with Crippen LogP contribution in [0.25, 0.3) is 0 Å². The molecule has 1 unspecified atom stereocenters. The van der Waals surface area contributed by atoms with Crippen LogP contribution >= 0.6 is 0 Å².